The van der Waals surface area contributed by atoms with E-state index in [0.717, 1.165) is 19.4 Å². The van der Waals surface area contributed by atoms with Crippen molar-refractivity contribution in [3.63, 3.8) is 0 Å². The summed E-state index contributed by atoms with van der Waals surface area (Å²) in [5, 5.41) is 24.8. The lowest BCUT2D eigenvalue weighted by atomic mass is 9.90. The number of ether oxygens (including phenoxy) is 1. The third-order valence-corrected chi connectivity index (χ3v) is 9.09. The number of aromatic nitrogens is 3. The van der Waals surface area contributed by atoms with Crippen LogP contribution in [0.1, 0.15) is 43.4 Å². The highest BCUT2D eigenvalue weighted by Gasteiger charge is 2.49. The van der Waals surface area contributed by atoms with Crippen LogP contribution in [0.5, 0.6) is 11.8 Å². The number of terminal acetylenes is 1. The molecule has 5 heterocycles. The minimum absolute atomic E-state index is 0.0516. The van der Waals surface area contributed by atoms with Gasteiger partial charge in [0.15, 0.2) is 5.82 Å². The second kappa shape index (κ2) is 10.1. The quantitative estimate of drug-likeness (QED) is 0.320. The number of phenols is 1. The molecule has 3 atom stereocenters. The van der Waals surface area contributed by atoms with Crippen LogP contribution in [-0.2, 0) is 5.54 Å². The number of nitrogens with zero attached hydrogens (tertiary/aromatic N) is 5. The van der Waals surface area contributed by atoms with E-state index >= 15 is 4.39 Å². The molecule has 0 bridgehead atoms. The van der Waals surface area contributed by atoms with Gasteiger partial charge in [-0.15, -0.1) is 6.42 Å². The highest BCUT2D eigenvalue weighted by molar-refractivity contribution is 6.02. The van der Waals surface area contributed by atoms with Gasteiger partial charge in [-0.25, -0.2) is 23.1 Å². The first kappa shape index (κ1) is 27.4. The van der Waals surface area contributed by atoms with E-state index in [4.69, 9.17) is 11.2 Å². The normalized spacial score (nSPS) is 25.2. The lowest BCUT2D eigenvalue weighted by molar-refractivity contribution is 0.107. The first-order valence-corrected chi connectivity index (χ1v) is 14.2. The van der Waals surface area contributed by atoms with Crippen molar-refractivity contribution in [1.29, 1.82) is 5.26 Å². The van der Waals surface area contributed by atoms with E-state index in [1.165, 1.54) is 30.5 Å². The van der Waals surface area contributed by atoms with E-state index in [1.807, 2.05) is 0 Å². The average Bonchev–Trinajstić information content (AvgIpc) is 3.71. The zero-order chi connectivity index (χ0) is 29.9. The van der Waals surface area contributed by atoms with Crippen molar-refractivity contribution in [3.05, 3.63) is 53.4 Å². The minimum Gasteiger partial charge on any atom is -0.508 e. The molecule has 11 heteroatoms. The van der Waals surface area contributed by atoms with E-state index in [0.29, 0.717) is 37.7 Å². The number of fused-ring (bicyclic) bond motifs is 3. The van der Waals surface area contributed by atoms with Crippen LogP contribution in [0.15, 0.2) is 30.5 Å². The largest absolute Gasteiger partial charge is 0.508 e. The Balaban J connectivity index is 1.43. The fourth-order valence-electron chi connectivity index (χ4n) is 7.11. The molecule has 7 rings (SSSR count). The fourth-order valence-corrected chi connectivity index (χ4v) is 7.11. The number of aromatic hydroxyl groups is 1. The van der Waals surface area contributed by atoms with Crippen LogP contribution in [0.4, 0.5) is 13.2 Å². The SMILES string of the molecule is C#Cc1c(F)ccc2cc(O)cc(-c3nc(C4(C#N)CCCN4)c4cnc(OC[C@@]56CCCN5C[C@H](F)C6)nc4c3F)c12. The highest BCUT2D eigenvalue weighted by atomic mass is 19.1. The fraction of sp³-hybridized carbons (Fsp3) is 0.375. The maximum absolute atomic E-state index is 16.6. The molecular weight excluding hydrogens is 557 g/mol. The molecular formula is C32H27F3N6O2. The van der Waals surface area contributed by atoms with Gasteiger partial charge in [0, 0.05) is 35.5 Å². The van der Waals surface area contributed by atoms with Gasteiger partial charge >= 0.3 is 6.01 Å². The molecule has 2 N–H and O–H groups in total. The first-order valence-electron chi connectivity index (χ1n) is 14.2. The summed E-state index contributed by atoms with van der Waals surface area (Å²) in [6, 6.07) is 7.50. The van der Waals surface area contributed by atoms with Crippen molar-refractivity contribution in [2.75, 3.05) is 26.2 Å². The lowest BCUT2D eigenvalue weighted by Gasteiger charge is -2.30. The van der Waals surface area contributed by atoms with Crippen LogP contribution in [0.2, 0.25) is 0 Å². The molecule has 0 radical (unpaired) electrons. The number of halogens is 3. The predicted octanol–water partition coefficient (Wildman–Crippen LogP) is 4.87. The van der Waals surface area contributed by atoms with Crippen molar-refractivity contribution in [2.24, 2.45) is 0 Å². The van der Waals surface area contributed by atoms with Crippen molar-refractivity contribution in [1.82, 2.24) is 25.2 Å². The van der Waals surface area contributed by atoms with Gasteiger partial charge in [-0.3, -0.25) is 10.2 Å². The monoisotopic (exact) mass is 584 g/mol. The van der Waals surface area contributed by atoms with E-state index in [2.05, 4.69) is 37.2 Å². The molecule has 8 nitrogen and oxygen atoms in total. The van der Waals surface area contributed by atoms with Gasteiger partial charge in [-0.1, -0.05) is 12.0 Å². The Hall–Kier alpha value is -4.45. The summed E-state index contributed by atoms with van der Waals surface area (Å²) in [7, 11) is 0. The van der Waals surface area contributed by atoms with Crippen molar-refractivity contribution in [3.8, 4) is 41.4 Å². The van der Waals surface area contributed by atoms with Crippen molar-refractivity contribution in [2.45, 2.75) is 49.4 Å². The molecule has 3 aliphatic rings. The Bertz CT molecular complexity index is 1880. The molecule has 0 amide bonds. The first-order chi connectivity index (χ1) is 20.8. The smallest absolute Gasteiger partial charge is 0.317 e. The molecule has 2 aromatic heterocycles. The van der Waals surface area contributed by atoms with Crippen LogP contribution < -0.4 is 10.1 Å². The van der Waals surface area contributed by atoms with Crippen LogP contribution in [0, 0.1) is 35.3 Å². The number of benzene rings is 2. The molecule has 3 fully saturated rings. The summed E-state index contributed by atoms with van der Waals surface area (Å²) < 4.78 is 51.8. The van der Waals surface area contributed by atoms with Gasteiger partial charge < -0.3 is 9.84 Å². The summed E-state index contributed by atoms with van der Waals surface area (Å²) in [6.45, 7) is 1.84. The molecule has 218 valence electrons. The molecule has 3 aliphatic heterocycles. The zero-order valence-electron chi connectivity index (χ0n) is 23.1. The Morgan fingerprint density at radius 3 is 2.84 bits per heavy atom. The van der Waals surface area contributed by atoms with Gasteiger partial charge in [0.1, 0.15) is 41.1 Å². The lowest BCUT2D eigenvalue weighted by Crippen LogP contribution is -2.43. The summed E-state index contributed by atoms with van der Waals surface area (Å²) >= 11 is 0. The molecule has 43 heavy (non-hydrogen) atoms. The van der Waals surface area contributed by atoms with Crippen LogP contribution >= 0.6 is 0 Å². The molecule has 3 saturated heterocycles. The maximum atomic E-state index is 16.6. The summed E-state index contributed by atoms with van der Waals surface area (Å²) in [4.78, 5) is 15.5. The summed E-state index contributed by atoms with van der Waals surface area (Å²) in [5.41, 5.74) is -1.98. The number of alkyl halides is 1. The third kappa shape index (κ3) is 4.26. The van der Waals surface area contributed by atoms with Crippen molar-refractivity contribution < 1.29 is 23.0 Å². The van der Waals surface area contributed by atoms with Crippen LogP contribution in [0.3, 0.4) is 0 Å². The third-order valence-electron chi connectivity index (χ3n) is 9.09. The van der Waals surface area contributed by atoms with E-state index < -0.39 is 28.9 Å². The van der Waals surface area contributed by atoms with E-state index in [9.17, 15) is 19.1 Å². The van der Waals surface area contributed by atoms with Gasteiger partial charge in [0.2, 0.25) is 0 Å². The number of pyridine rings is 1. The number of hydrogen-bond acceptors (Lipinski definition) is 8. The summed E-state index contributed by atoms with van der Waals surface area (Å²) in [6.07, 6.45) is 9.26. The van der Waals surface area contributed by atoms with E-state index in [1.54, 1.807) is 0 Å². The number of hydrogen-bond donors (Lipinski definition) is 2. The highest BCUT2D eigenvalue weighted by Crippen LogP contribution is 2.42. The number of phenolic OH excluding ortho intramolecular Hbond substituents is 1. The Labute approximate surface area is 245 Å². The number of nitrogens with one attached hydrogen (secondary N) is 1. The number of nitriles is 1. The van der Waals surface area contributed by atoms with Crippen molar-refractivity contribution >= 4 is 21.7 Å². The average molecular weight is 585 g/mol. The Kier molecular flexibility index (Phi) is 6.42. The molecule has 1 unspecified atom stereocenters. The van der Waals surface area contributed by atoms with Crippen LogP contribution in [0.25, 0.3) is 32.9 Å². The molecule has 4 aromatic rings. The van der Waals surface area contributed by atoms with Gasteiger partial charge in [0.25, 0.3) is 0 Å². The minimum atomic E-state index is -1.26. The Morgan fingerprint density at radius 2 is 2.07 bits per heavy atom. The van der Waals surface area contributed by atoms with E-state index in [-0.39, 0.29) is 57.2 Å². The Morgan fingerprint density at radius 1 is 1.21 bits per heavy atom. The molecule has 0 saturated carbocycles. The molecule has 0 aliphatic carbocycles. The molecule has 0 spiro atoms. The van der Waals surface area contributed by atoms with Gasteiger partial charge in [-0.2, -0.15) is 10.2 Å². The topological polar surface area (TPSA) is 107 Å². The number of rotatable bonds is 5. The zero-order valence-corrected chi connectivity index (χ0v) is 23.1. The molecule has 2 aromatic carbocycles. The predicted molar refractivity (Wildman–Crippen MR) is 153 cm³/mol. The van der Waals surface area contributed by atoms with Crippen LogP contribution in [-0.4, -0.2) is 62.9 Å². The second-order valence-corrected chi connectivity index (χ2v) is 11.6. The van der Waals surface area contributed by atoms with Gasteiger partial charge in [-0.05, 0) is 62.4 Å². The standard InChI is InChI=1S/C32H27F3N6O2/c1-2-21-24(34)6-5-18-11-20(42)12-22(25(18)21)27-26(35)28-23(29(39-27)32(16-36)8-3-9-38-32)14-37-30(40-28)43-17-31-7-4-10-41(31)15-19(33)13-31/h1,5-6,11-12,14,19,38,42H,3-4,7-10,13,15,17H2/t19-,31+,32?/m1/s1. The van der Waals surface area contributed by atoms with Gasteiger partial charge in [0.05, 0.1) is 22.9 Å². The maximum Gasteiger partial charge on any atom is 0.317 e. The summed E-state index contributed by atoms with van der Waals surface area (Å²) in [5.74, 6) is 0.575. The second-order valence-electron chi connectivity index (χ2n) is 11.6.